The molecule has 3 aromatic carbocycles. The van der Waals surface area contributed by atoms with Crippen molar-refractivity contribution in [3.8, 4) is 0 Å². The molecular weight excluding hydrogens is 585 g/mol. The van der Waals surface area contributed by atoms with Crippen LogP contribution >= 0.6 is 15.9 Å². The second-order valence-corrected chi connectivity index (χ2v) is 12.4. The molecular formula is C29H31BrFN3O4S. The zero-order chi connectivity index (χ0) is 28.0. The summed E-state index contributed by atoms with van der Waals surface area (Å²) < 4.78 is 42.8. The van der Waals surface area contributed by atoms with Crippen molar-refractivity contribution in [1.82, 2.24) is 10.2 Å². The summed E-state index contributed by atoms with van der Waals surface area (Å²) in [6.45, 7) is 1.10. The summed E-state index contributed by atoms with van der Waals surface area (Å²) in [7, 11) is -4.13. The first-order valence-electron chi connectivity index (χ1n) is 12.8. The fourth-order valence-electron chi connectivity index (χ4n) is 4.64. The SMILES string of the molecule is CC(C(=O)NC1CCCC1)N(Cc1ccc(F)cc1)C(=O)CN(c1cccc(Br)c1)S(=O)(=O)c1ccccc1. The maximum Gasteiger partial charge on any atom is 0.264 e. The number of nitrogens with zero attached hydrogens (tertiary/aromatic N) is 2. The molecule has 2 amide bonds. The maximum atomic E-state index is 13.9. The van der Waals surface area contributed by atoms with E-state index in [9.17, 15) is 22.4 Å². The molecule has 1 saturated carbocycles. The van der Waals surface area contributed by atoms with E-state index in [0.717, 1.165) is 30.0 Å². The molecule has 0 heterocycles. The number of hydrogen-bond donors (Lipinski definition) is 1. The van der Waals surface area contributed by atoms with E-state index in [0.29, 0.717) is 15.7 Å². The lowest BCUT2D eigenvalue weighted by Crippen LogP contribution is -2.52. The van der Waals surface area contributed by atoms with Crippen molar-refractivity contribution < 1.29 is 22.4 Å². The topological polar surface area (TPSA) is 86.8 Å². The summed E-state index contributed by atoms with van der Waals surface area (Å²) in [5, 5.41) is 3.03. The minimum absolute atomic E-state index is 0.01000. The van der Waals surface area contributed by atoms with Crippen LogP contribution in [0.4, 0.5) is 10.1 Å². The number of hydrogen-bond acceptors (Lipinski definition) is 4. The molecule has 206 valence electrons. The van der Waals surface area contributed by atoms with Crippen molar-refractivity contribution in [2.45, 2.75) is 56.1 Å². The molecule has 1 aliphatic rings. The van der Waals surface area contributed by atoms with Crippen LogP contribution in [0.3, 0.4) is 0 Å². The monoisotopic (exact) mass is 615 g/mol. The van der Waals surface area contributed by atoms with E-state index in [-0.39, 0.29) is 23.4 Å². The Hall–Kier alpha value is -3.24. The molecule has 0 aliphatic heterocycles. The van der Waals surface area contributed by atoms with Crippen LogP contribution in [-0.4, -0.2) is 43.8 Å². The predicted molar refractivity (Wildman–Crippen MR) is 152 cm³/mol. The first-order chi connectivity index (χ1) is 18.6. The number of rotatable bonds is 10. The van der Waals surface area contributed by atoms with Crippen molar-refractivity contribution in [1.29, 1.82) is 0 Å². The highest BCUT2D eigenvalue weighted by Crippen LogP contribution is 2.27. The standard InChI is InChI=1S/C29H31BrFN3O4S/c1-21(29(36)32-25-9-5-6-10-25)33(19-22-14-16-24(31)17-15-22)28(35)20-34(26-11-7-8-23(30)18-26)39(37,38)27-12-3-2-4-13-27/h2-4,7-8,11-18,21,25H,5-6,9-10,19-20H2,1H3,(H,32,36). The quantitative estimate of drug-likeness (QED) is 0.337. The van der Waals surface area contributed by atoms with Gasteiger partial charge in [0, 0.05) is 17.1 Å². The van der Waals surface area contributed by atoms with Gasteiger partial charge in [0.2, 0.25) is 11.8 Å². The lowest BCUT2D eigenvalue weighted by molar-refractivity contribution is -0.139. The molecule has 0 saturated heterocycles. The van der Waals surface area contributed by atoms with Gasteiger partial charge < -0.3 is 10.2 Å². The molecule has 1 aliphatic carbocycles. The van der Waals surface area contributed by atoms with Crippen LogP contribution in [0.15, 0.2) is 88.2 Å². The molecule has 1 fully saturated rings. The minimum Gasteiger partial charge on any atom is -0.352 e. The van der Waals surface area contributed by atoms with Crippen LogP contribution in [0.2, 0.25) is 0 Å². The third-order valence-electron chi connectivity index (χ3n) is 6.84. The highest BCUT2D eigenvalue weighted by molar-refractivity contribution is 9.10. The third-order valence-corrected chi connectivity index (χ3v) is 9.12. The Labute approximate surface area is 237 Å². The molecule has 1 atom stereocenters. The van der Waals surface area contributed by atoms with Crippen molar-refractivity contribution in [3.63, 3.8) is 0 Å². The number of sulfonamides is 1. The molecule has 7 nitrogen and oxygen atoms in total. The third kappa shape index (κ3) is 7.24. The largest absolute Gasteiger partial charge is 0.352 e. The zero-order valence-corrected chi connectivity index (χ0v) is 24.0. The van der Waals surface area contributed by atoms with Crippen molar-refractivity contribution in [2.24, 2.45) is 0 Å². The lowest BCUT2D eigenvalue weighted by Gasteiger charge is -2.32. The van der Waals surface area contributed by atoms with Gasteiger partial charge >= 0.3 is 0 Å². The van der Waals surface area contributed by atoms with Gasteiger partial charge in [0.15, 0.2) is 0 Å². The van der Waals surface area contributed by atoms with Gasteiger partial charge in [-0.25, -0.2) is 12.8 Å². The normalized spacial score (nSPS) is 14.5. The Kier molecular flexibility index (Phi) is 9.40. The number of amides is 2. The number of benzene rings is 3. The Morgan fingerprint density at radius 3 is 2.31 bits per heavy atom. The molecule has 10 heteroatoms. The molecule has 3 aromatic rings. The Balaban J connectivity index is 1.67. The fraction of sp³-hybridized carbons (Fsp3) is 0.310. The van der Waals surface area contributed by atoms with Crippen LogP contribution in [-0.2, 0) is 26.2 Å². The number of anilines is 1. The highest BCUT2D eigenvalue weighted by atomic mass is 79.9. The number of carbonyl (C=O) groups is 2. The van der Waals surface area contributed by atoms with Gasteiger partial charge in [0.05, 0.1) is 10.6 Å². The van der Waals surface area contributed by atoms with Gasteiger partial charge in [-0.2, -0.15) is 0 Å². The molecule has 4 rings (SSSR count). The fourth-order valence-corrected chi connectivity index (χ4v) is 6.45. The van der Waals surface area contributed by atoms with Crippen LogP contribution in [0.1, 0.15) is 38.2 Å². The van der Waals surface area contributed by atoms with E-state index in [1.165, 1.54) is 29.2 Å². The summed E-state index contributed by atoms with van der Waals surface area (Å²) in [5.74, 6) is -1.29. The van der Waals surface area contributed by atoms with Crippen LogP contribution in [0.5, 0.6) is 0 Å². The van der Waals surface area contributed by atoms with Gasteiger partial charge in [-0.05, 0) is 67.8 Å². The van der Waals surface area contributed by atoms with Crippen molar-refractivity contribution in [2.75, 3.05) is 10.8 Å². The van der Waals surface area contributed by atoms with Crippen LogP contribution in [0.25, 0.3) is 0 Å². The average molecular weight is 617 g/mol. The molecule has 1 N–H and O–H groups in total. The van der Waals surface area contributed by atoms with E-state index < -0.39 is 34.3 Å². The van der Waals surface area contributed by atoms with E-state index >= 15 is 0 Å². The van der Waals surface area contributed by atoms with E-state index in [4.69, 9.17) is 0 Å². The van der Waals surface area contributed by atoms with E-state index in [1.54, 1.807) is 61.5 Å². The van der Waals surface area contributed by atoms with Gasteiger partial charge in [-0.1, -0.05) is 65.2 Å². The molecule has 1 unspecified atom stereocenters. The van der Waals surface area contributed by atoms with Gasteiger partial charge in [-0.15, -0.1) is 0 Å². The maximum absolute atomic E-state index is 13.9. The average Bonchev–Trinajstić information content (AvgIpc) is 3.44. The van der Waals surface area contributed by atoms with Crippen molar-refractivity contribution in [3.05, 3.63) is 94.7 Å². The molecule has 0 spiro atoms. The molecule has 39 heavy (non-hydrogen) atoms. The summed E-state index contributed by atoms with van der Waals surface area (Å²) in [4.78, 5) is 28.5. The van der Waals surface area contributed by atoms with Gasteiger partial charge in [0.1, 0.15) is 18.4 Å². The Morgan fingerprint density at radius 2 is 1.67 bits per heavy atom. The second kappa shape index (κ2) is 12.7. The predicted octanol–water partition coefficient (Wildman–Crippen LogP) is 5.26. The summed E-state index contributed by atoms with van der Waals surface area (Å²) >= 11 is 3.38. The summed E-state index contributed by atoms with van der Waals surface area (Å²) in [6, 6.07) is 19.4. The molecule has 0 aromatic heterocycles. The Bertz CT molecular complexity index is 1400. The van der Waals surface area contributed by atoms with Gasteiger partial charge in [-0.3, -0.25) is 13.9 Å². The minimum atomic E-state index is -4.13. The number of carbonyl (C=O) groups excluding carboxylic acids is 2. The molecule has 0 radical (unpaired) electrons. The zero-order valence-electron chi connectivity index (χ0n) is 21.6. The summed E-state index contributed by atoms with van der Waals surface area (Å²) in [5.41, 5.74) is 0.913. The molecule has 0 bridgehead atoms. The van der Waals surface area contributed by atoms with E-state index in [1.807, 2.05) is 0 Å². The first-order valence-corrected chi connectivity index (χ1v) is 15.1. The smallest absolute Gasteiger partial charge is 0.264 e. The van der Waals surface area contributed by atoms with Crippen molar-refractivity contribution >= 4 is 43.5 Å². The number of halogens is 2. The highest BCUT2D eigenvalue weighted by Gasteiger charge is 2.33. The van der Waals surface area contributed by atoms with E-state index in [2.05, 4.69) is 21.2 Å². The second-order valence-electron chi connectivity index (χ2n) is 9.62. The first kappa shape index (κ1) is 28.8. The van der Waals surface area contributed by atoms with Crippen LogP contribution < -0.4 is 9.62 Å². The number of nitrogens with one attached hydrogen (secondary N) is 1. The van der Waals surface area contributed by atoms with Gasteiger partial charge in [0.25, 0.3) is 10.0 Å². The lowest BCUT2D eigenvalue weighted by atomic mass is 10.1. The van der Waals surface area contributed by atoms with Crippen LogP contribution in [0, 0.1) is 5.82 Å². The summed E-state index contributed by atoms with van der Waals surface area (Å²) in [6.07, 6.45) is 3.85. The Morgan fingerprint density at radius 1 is 1.00 bits per heavy atom.